The number of nitrogens with one attached hydrogen (secondary N) is 1. The van der Waals surface area contributed by atoms with Crippen LogP contribution in [0.5, 0.6) is 0 Å². The van der Waals surface area contributed by atoms with Gasteiger partial charge in [0.1, 0.15) is 5.76 Å². The zero-order chi connectivity index (χ0) is 18.1. The van der Waals surface area contributed by atoms with Gasteiger partial charge in [-0.25, -0.2) is 4.98 Å². The molecule has 1 fully saturated rings. The molecule has 1 unspecified atom stereocenters. The molecule has 1 aliphatic heterocycles. The van der Waals surface area contributed by atoms with Gasteiger partial charge in [0.05, 0.1) is 23.0 Å². The smallest absolute Gasteiger partial charge is 0.253 e. The van der Waals surface area contributed by atoms with Crippen molar-refractivity contribution in [1.82, 2.24) is 14.9 Å². The summed E-state index contributed by atoms with van der Waals surface area (Å²) in [5, 5.41) is 1.96. The molecule has 26 heavy (non-hydrogen) atoms. The highest BCUT2D eigenvalue weighted by Gasteiger charge is 2.32. The molecule has 3 aromatic rings. The second-order valence-electron chi connectivity index (χ2n) is 6.38. The van der Waals surface area contributed by atoms with E-state index in [0.29, 0.717) is 29.5 Å². The Bertz CT molecular complexity index is 974. The average Bonchev–Trinajstić information content (AvgIpc) is 3.36. The van der Waals surface area contributed by atoms with Crippen LogP contribution in [-0.2, 0) is 11.2 Å². The van der Waals surface area contributed by atoms with Crippen molar-refractivity contribution >= 4 is 17.2 Å². The van der Waals surface area contributed by atoms with E-state index < -0.39 is 0 Å². The highest BCUT2D eigenvalue weighted by Crippen LogP contribution is 2.31. The molecule has 1 amide bonds. The molecule has 3 aromatic heterocycles. The van der Waals surface area contributed by atoms with Crippen LogP contribution < -0.4 is 5.56 Å². The number of amides is 1. The van der Waals surface area contributed by atoms with E-state index in [2.05, 4.69) is 9.97 Å². The fourth-order valence-electron chi connectivity index (χ4n) is 3.43. The fraction of sp³-hybridized carbons (Fsp3) is 0.316. The summed E-state index contributed by atoms with van der Waals surface area (Å²) in [6.45, 7) is 2.49. The first-order chi connectivity index (χ1) is 12.6. The molecule has 1 atom stereocenters. The summed E-state index contributed by atoms with van der Waals surface area (Å²) in [4.78, 5) is 34.9. The average molecular weight is 369 g/mol. The molecule has 0 radical (unpaired) electrons. The first kappa shape index (κ1) is 16.8. The number of likely N-dealkylation sites (tertiary alicyclic amines) is 1. The van der Waals surface area contributed by atoms with Gasteiger partial charge in [0.25, 0.3) is 5.56 Å². The summed E-state index contributed by atoms with van der Waals surface area (Å²) in [5.74, 6) is 1.19. The Morgan fingerprint density at radius 1 is 1.42 bits per heavy atom. The van der Waals surface area contributed by atoms with Crippen LogP contribution in [0.1, 0.15) is 35.9 Å². The van der Waals surface area contributed by atoms with Crippen LogP contribution in [0.4, 0.5) is 0 Å². The zero-order valence-corrected chi connectivity index (χ0v) is 15.2. The van der Waals surface area contributed by atoms with Gasteiger partial charge in [-0.3, -0.25) is 9.59 Å². The van der Waals surface area contributed by atoms with E-state index >= 15 is 0 Å². The Morgan fingerprint density at radius 2 is 2.31 bits per heavy atom. The van der Waals surface area contributed by atoms with Crippen LogP contribution in [0.3, 0.4) is 0 Å². The van der Waals surface area contributed by atoms with E-state index in [1.807, 2.05) is 24.4 Å². The second kappa shape index (κ2) is 6.92. The number of aromatic amines is 1. The number of oxazole rings is 1. The van der Waals surface area contributed by atoms with Gasteiger partial charge in [0.15, 0.2) is 0 Å². The van der Waals surface area contributed by atoms with Crippen molar-refractivity contribution in [3.05, 3.63) is 63.2 Å². The molecule has 1 aliphatic rings. The maximum atomic E-state index is 12.9. The number of thiophene rings is 1. The first-order valence-corrected chi connectivity index (χ1v) is 9.48. The van der Waals surface area contributed by atoms with Gasteiger partial charge in [-0.15, -0.1) is 11.3 Å². The number of carbonyl (C=O) groups is 1. The van der Waals surface area contributed by atoms with E-state index in [1.54, 1.807) is 34.6 Å². The van der Waals surface area contributed by atoms with Gasteiger partial charge >= 0.3 is 0 Å². The van der Waals surface area contributed by atoms with Crippen molar-refractivity contribution in [2.45, 2.75) is 32.2 Å². The monoisotopic (exact) mass is 369 g/mol. The maximum Gasteiger partial charge on any atom is 0.253 e. The number of carbonyl (C=O) groups excluding carboxylic acids is 1. The van der Waals surface area contributed by atoms with E-state index in [1.165, 1.54) is 0 Å². The standard InChI is InChI=1S/C19H19N3O3S/c1-12-14(21-19(25-12)16-7-4-10-26-16)11-17(23)22-9-3-6-15(22)13-5-2-8-20-18(13)24/h2,4-5,7-8,10,15H,3,6,9,11H2,1H3,(H,20,24). The lowest BCUT2D eigenvalue weighted by Crippen LogP contribution is -2.34. The Hall–Kier alpha value is -2.67. The van der Waals surface area contributed by atoms with Gasteiger partial charge in [-0.1, -0.05) is 6.07 Å². The summed E-state index contributed by atoms with van der Waals surface area (Å²) in [5.41, 5.74) is 1.18. The quantitative estimate of drug-likeness (QED) is 0.765. The van der Waals surface area contributed by atoms with Crippen LogP contribution >= 0.6 is 11.3 Å². The normalized spacial score (nSPS) is 17.0. The SMILES string of the molecule is Cc1oc(-c2cccs2)nc1CC(=O)N1CCCC1c1ccc[nH]c1=O. The number of H-pyrrole nitrogens is 1. The second-order valence-corrected chi connectivity index (χ2v) is 7.32. The van der Waals surface area contributed by atoms with Crippen LogP contribution in [-0.4, -0.2) is 27.3 Å². The molecule has 1 saturated heterocycles. The Morgan fingerprint density at radius 3 is 3.08 bits per heavy atom. The maximum absolute atomic E-state index is 12.9. The zero-order valence-electron chi connectivity index (χ0n) is 14.4. The van der Waals surface area contributed by atoms with Gasteiger partial charge < -0.3 is 14.3 Å². The predicted octanol–water partition coefficient (Wildman–Crippen LogP) is 3.31. The third-order valence-corrected chi connectivity index (χ3v) is 5.58. The van der Waals surface area contributed by atoms with Crippen molar-refractivity contribution in [2.24, 2.45) is 0 Å². The molecule has 0 aliphatic carbocycles. The lowest BCUT2D eigenvalue weighted by molar-refractivity contribution is -0.131. The lowest BCUT2D eigenvalue weighted by atomic mass is 10.1. The van der Waals surface area contributed by atoms with E-state index in [4.69, 9.17) is 4.42 Å². The molecule has 0 spiro atoms. The summed E-state index contributed by atoms with van der Waals surface area (Å²) >= 11 is 1.55. The van der Waals surface area contributed by atoms with Crippen LogP contribution in [0.25, 0.3) is 10.8 Å². The third kappa shape index (κ3) is 3.10. The number of pyridine rings is 1. The van der Waals surface area contributed by atoms with Crippen LogP contribution in [0, 0.1) is 6.92 Å². The van der Waals surface area contributed by atoms with Crippen molar-refractivity contribution in [1.29, 1.82) is 0 Å². The molecule has 4 rings (SSSR count). The Labute approximate surface area is 154 Å². The van der Waals surface area contributed by atoms with Crippen molar-refractivity contribution in [3.8, 4) is 10.8 Å². The van der Waals surface area contributed by atoms with E-state index in [0.717, 1.165) is 17.7 Å². The first-order valence-electron chi connectivity index (χ1n) is 8.60. The summed E-state index contributed by atoms with van der Waals surface area (Å²) in [6, 6.07) is 7.31. The number of nitrogens with zero attached hydrogens (tertiary/aromatic N) is 2. The molecule has 4 heterocycles. The van der Waals surface area contributed by atoms with Gasteiger partial charge in [0.2, 0.25) is 11.8 Å². The number of aromatic nitrogens is 2. The highest BCUT2D eigenvalue weighted by atomic mass is 32.1. The number of rotatable bonds is 4. The molecular weight excluding hydrogens is 350 g/mol. The van der Waals surface area contributed by atoms with Crippen molar-refractivity contribution in [2.75, 3.05) is 6.54 Å². The fourth-order valence-corrected chi connectivity index (χ4v) is 4.08. The molecule has 6 nitrogen and oxygen atoms in total. The Balaban J connectivity index is 1.55. The number of aryl methyl sites for hydroxylation is 1. The minimum Gasteiger partial charge on any atom is -0.440 e. The minimum atomic E-state index is -0.170. The van der Waals surface area contributed by atoms with Gasteiger partial charge in [-0.05, 0) is 43.3 Å². The van der Waals surface area contributed by atoms with E-state index in [9.17, 15) is 9.59 Å². The van der Waals surface area contributed by atoms with Crippen LogP contribution in [0.2, 0.25) is 0 Å². The molecule has 134 valence electrons. The lowest BCUT2D eigenvalue weighted by Gasteiger charge is -2.24. The van der Waals surface area contributed by atoms with Crippen molar-refractivity contribution < 1.29 is 9.21 Å². The number of hydrogen-bond acceptors (Lipinski definition) is 5. The van der Waals surface area contributed by atoms with E-state index in [-0.39, 0.29) is 23.9 Å². The Kier molecular flexibility index (Phi) is 4.46. The topological polar surface area (TPSA) is 79.2 Å². The number of hydrogen-bond donors (Lipinski definition) is 1. The summed E-state index contributed by atoms with van der Waals surface area (Å²) < 4.78 is 5.73. The molecule has 0 aromatic carbocycles. The molecule has 0 bridgehead atoms. The third-order valence-electron chi connectivity index (χ3n) is 4.72. The largest absolute Gasteiger partial charge is 0.440 e. The molecule has 7 heteroatoms. The summed E-state index contributed by atoms with van der Waals surface area (Å²) in [6.07, 6.45) is 3.49. The summed E-state index contributed by atoms with van der Waals surface area (Å²) in [7, 11) is 0. The predicted molar refractivity (Wildman–Crippen MR) is 99.0 cm³/mol. The minimum absolute atomic E-state index is 0.0233. The molecule has 1 N–H and O–H groups in total. The molecule has 0 saturated carbocycles. The molecular formula is C19H19N3O3S. The van der Waals surface area contributed by atoms with Crippen molar-refractivity contribution in [3.63, 3.8) is 0 Å². The highest BCUT2D eigenvalue weighted by molar-refractivity contribution is 7.13. The van der Waals surface area contributed by atoms with Crippen LogP contribution in [0.15, 0.2) is 45.1 Å². The van der Waals surface area contributed by atoms with Gasteiger partial charge in [-0.2, -0.15) is 0 Å². The van der Waals surface area contributed by atoms with Gasteiger partial charge in [0, 0.05) is 18.3 Å².